The lowest BCUT2D eigenvalue weighted by molar-refractivity contribution is -0.115. The molecule has 118 valence electrons. The number of carbonyl (C=O) groups is 1. The van der Waals surface area contributed by atoms with Gasteiger partial charge in [0.15, 0.2) is 5.16 Å². The molecule has 0 radical (unpaired) electrons. The summed E-state index contributed by atoms with van der Waals surface area (Å²) in [5.41, 5.74) is 2.36. The van der Waals surface area contributed by atoms with E-state index >= 15 is 0 Å². The van der Waals surface area contributed by atoms with Crippen molar-refractivity contribution in [1.82, 2.24) is 9.97 Å². The van der Waals surface area contributed by atoms with Gasteiger partial charge in [-0.05, 0) is 24.3 Å². The van der Waals surface area contributed by atoms with Crippen molar-refractivity contribution in [1.29, 1.82) is 0 Å². The van der Waals surface area contributed by atoms with Crippen molar-refractivity contribution in [2.24, 2.45) is 0 Å². The molecule has 0 saturated heterocycles. The highest BCUT2D eigenvalue weighted by atomic mass is 35.5. The molecule has 7 heteroatoms. The third-order valence-electron chi connectivity index (χ3n) is 3.16. The molecule has 2 N–H and O–H groups in total. The van der Waals surface area contributed by atoms with E-state index < -0.39 is 0 Å². The molecular formula is C16H13Cl2N3OS. The van der Waals surface area contributed by atoms with E-state index in [0.29, 0.717) is 27.9 Å². The summed E-state index contributed by atoms with van der Waals surface area (Å²) in [5.74, 6) is 0.469. The van der Waals surface area contributed by atoms with E-state index in [1.807, 2.05) is 24.3 Å². The van der Waals surface area contributed by atoms with Gasteiger partial charge in [0.1, 0.15) is 0 Å². The third kappa shape index (κ3) is 3.99. The van der Waals surface area contributed by atoms with Crippen molar-refractivity contribution in [2.75, 3.05) is 11.1 Å². The number of amides is 1. The summed E-state index contributed by atoms with van der Waals surface area (Å²) in [6.45, 7) is 0. The molecule has 3 aromatic rings. The van der Waals surface area contributed by atoms with Crippen molar-refractivity contribution in [2.45, 2.75) is 11.6 Å². The number of nitrogens with zero attached hydrogens (tertiary/aromatic N) is 1. The van der Waals surface area contributed by atoms with Gasteiger partial charge in [0.25, 0.3) is 0 Å². The van der Waals surface area contributed by atoms with Crippen LogP contribution in [0.1, 0.15) is 6.42 Å². The second-order valence-corrected chi connectivity index (χ2v) is 6.70. The average molecular weight is 366 g/mol. The first-order valence-corrected chi connectivity index (χ1v) is 8.69. The van der Waals surface area contributed by atoms with Crippen LogP contribution in [0.3, 0.4) is 0 Å². The molecule has 3 rings (SSSR count). The van der Waals surface area contributed by atoms with Crippen LogP contribution in [0.2, 0.25) is 10.0 Å². The molecule has 0 saturated carbocycles. The van der Waals surface area contributed by atoms with E-state index in [2.05, 4.69) is 15.3 Å². The lowest BCUT2D eigenvalue weighted by Crippen LogP contribution is -2.12. The zero-order chi connectivity index (χ0) is 16.2. The Balaban J connectivity index is 1.55. The van der Waals surface area contributed by atoms with Crippen molar-refractivity contribution < 1.29 is 4.79 Å². The molecule has 0 aliphatic heterocycles. The van der Waals surface area contributed by atoms with Gasteiger partial charge in [-0.2, -0.15) is 0 Å². The zero-order valence-electron chi connectivity index (χ0n) is 12.0. The maximum Gasteiger partial charge on any atom is 0.225 e. The van der Waals surface area contributed by atoms with Crippen molar-refractivity contribution in [3.05, 3.63) is 52.5 Å². The van der Waals surface area contributed by atoms with Crippen LogP contribution in [0.4, 0.5) is 5.69 Å². The first-order chi connectivity index (χ1) is 11.1. The number of imidazole rings is 1. The molecule has 0 atom stereocenters. The Hall–Kier alpha value is -1.69. The molecule has 0 aliphatic rings. The fraction of sp³-hybridized carbons (Fsp3) is 0.125. The first kappa shape index (κ1) is 16.2. The smallest absolute Gasteiger partial charge is 0.225 e. The molecule has 4 nitrogen and oxygen atoms in total. The van der Waals surface area contributed by atoms with Crippen LogP contribution in [-0.2, 0) is 4.79 Å². The predicted molar refractivity (Wildman–Crippen MR) is 96.5 cm³/mol. The number of thioether (sulfide) groups is 1. The summed E-state index contributed by atoms with van der Waals surface area (Å²) >= 11 is 13.6. The minimum absolute atomic E-state index is 0.136. The quantitative estimate of drug-likeness (QED) is 0.626. The Morgan fingerprint density at radius 1 is 1.13 bits per heavy atom. The van der Waals surface area contributed by atoms with Crippen molar-refractivity contribution >= 4 is 57.6 Å². The minimum atomic E-state index is -0.136. The molecule has 1 aromatic heterocycles. The van der Waals surface area contributed by atoms with E-state index in [-0.39, 0.29) is 5.91 Å². The summed E-state index contributed by atoms with van der Waals surface area (Å²) in [7, 11) is 0. The summed E-state index contributed by atoms with van der Waals surface area (Å²) in [6.07, 6.45) is 0.337. The fourth-order valence-corrected chi connectivity index (χ4v) is 3.38. The number of rotatable bonds is 5. The Morgan fingerprint density at radius 2 is 1.87 bits per heavy atom. The number of aromatic nitrogens is 2. The molecule has 0 spiro atoms. The number of H-pyrrole nitrogens is 1. The first-order valence-electron chi connectivity index (χ1n) is 6.95. The van der Waals surface area contributed by atoms with Crippen LogP contribution < -0.4 is 5.32 Å². The van der Waals surface area contributed by atoms with Gasteiger partial charge in [0, 0.05) is 12.2 Å². The van der Waals surface area contributed by atoms with Gasteiger partial charge in [-0.3, -0.25) is 4.79 Å². The van der Waals surface area contributed by atoms with Gasteiger partial charge in [-0.25, -0.2) is 4.98 Å². The van der Waals surface area contributed by atoms with E-state index in [1.54, 1.807) is 18.2 Å². The molecule has 23 heavy (non-hydrogen) atoms. The average Bonchev–Trinajstić information content (AvgIpc) is 2.94. The SMILES string of the molecule is O=C(CCSc1nc2ccccc2[nH]1)Nc1c(Cl)cccc1Cl. The normalized spacial score (nSPS) is 10.9. The van der Waals surface area contributed by atoms with Crippen LogP contribution in [0, 0.1) is 0 Å². The van der Waals surface area contributed by atoms with E-state index in [1.165, 1.54) is 11.8 Å². The summed E-state index contributed by atoms with van der Waals surface area (Å²) in [5, 5.41) is 4.40. The Labute approximate surface area is 147 Å². The minimum Gasteiger partial charge on any atom is -0.333 e. The summed E-state index contributed by atoms with van der Waals surface area (Å²) in [4.78, 5) is 19.7. The van der Waals surface area contributed by atoms with E-state index in [4.69, 9.17) is 23.2 Å². The number of carbonyl (C=O) groups excluding carboxylic acids is 1. The second kappa shape index (κ2) is 7.25. The maximum atomic E-state index is 12.0. The number of hydrogen-bond donors (Lipinski definition) is 2. The third-order valence-corrected chi connectivity index (χ3v) is 4.67. The number of anilines is 1. The Morgan fingerprint density at radius 3 is 2.61 bits per heavy atom. The van der Waals surface area contributed by atoms with Crippen molar-refractivity contribution in [3.8, 4) is 0 Å². The highest BCUT2D eigenvalue weighted by molar-refractivity contribution is 7.99. The van der Waals surface area contributed by atoms with Crippen molar-refractivity contribution in [3.63, 3.8) is 0 Å². The zero-order valence-corrected chi connectivity index (χ0v) is 14.3. The molecule has 0 unspecified atom stereocenters. The van der Waals surface area contributed by atoms with Gasteiger partial charge in [0.2, 0.25) is 5.91 Å². The molecule has 1 heterocycles. The predicted octanol–water partition coefficient (Wildman–Crippen LogP) is 4.99. The summed E-state index contributed by atoms with van der Waals surface area (Å²) in [6, 6.07) is 12.9. The molecule has 1 amide bonds. The number of benzene rings is 2. The molecular weight excluding hydrogens is 353 g/mol. The molecule has 0 bridgehead atoms. The largest absolute Gasteiger partial charge is 0.333 e. The highest BCUT2D eigenvalue weighted by Gasteiger charge is 2.10. The molecule has 0 fully saturated rings. The van der Waals surface area contributed by atoms with Gasteiger partial charge in [0.05, 0.1) is 26.8 Å². The van der Waals surface area contributed by atoms with Crippen LogP contribution in [0.5, 0.6) is 0 Å². The lowest BCUT2D eigenvalue weighted by atomic mass is 10.3. The Bertz CT molecular complexity index is 797. The number of hydrogen-bond acceptors (Lipinski definition) is 3. The van der Waals surface area contributed by atoms with Crippen LogP contribution in [0.25, 0.3) is 11.0 Å². The number of fused-ring (bicyclic) bond motifs is 1. The number of para-hydroxylation sites is 3. The highest BCUT2D eigenvalue weighted by Crippen LogP contribution is 2.30. The lowest BCUT2D eigenvalue weighted by Gasteiger charge is -2.08. The van der Waals surface area contributed by atoms with Gasteiger partial charge < -0.3 is 10.3 Å². The molecule has 0 aliphatic carbocycles. The van der Waals surface area contributed by atoms with Gasteiger partial charge >= 0.3 is 0 Å². The number of aromatic amines is 1. The number of halogens is 2. The standard InChI is InChI=1S/C16H13Cl2N3OS/c17-10-4-3-5-11(18)15(10)21-14(22)8-9-23-16-19-12-6-1-2-7-13(12)20-16/h1-7H,8-9H2,(H,19,20)(H,21,22). The maximum absolute atomic E-state index is 12.0. The van der Waals surface area contributed by atoms with Crippen LogP contribution >= 0.6 is 35.0 Å². The fourth-order valence-electron chi connectivity index (χ4n) is 2.06. The van der Waals surface area contributed by atoms with Crippen LogP contribution in [0.15, 0.2) is 47.6 Å². The molecule has 2 aromatic carbocycles. The Kier molecular flexibility index (Phi) is 5.10. The van der Waals surface area contributed by atoms with Crippen LogP contribution in [-0.4, -0.2) is 21.6 Å². The van der Waals surface area contributed by atoms with E-state index in [9.17, 15) is 4.79 Å². The second-order valence-electron chi connectivity index (χ2n) is 4.80. The van der Waals surface area contributed by atoms with E-state index in [0.717, 1.165) is 16.2 Å². The number of nitrogens with one attached hydrogen (secondary N) is 2. The van der Waals surface area contributed by atoms with Gasteiger partial charge in [-0.15, -0.1) is 0 Å². The monoisotopic (exact) mass is 365 g/mol. The van der Waals surface area contributed by atoms with Gasteiger partial charge in [-0.1, -0.05) is 53.2 Å². The topological polar surface area (TPSA) is 57.8 Å². The summed E-state index contributed by atoms with van der Waals surface area (Å²) < 4.78 is 0.